The highest BCUT2D eigenvalue weighted by Gasteiger charge is 2.26. The maximum Gasteiger partial charge on any atom is 0.410 e. The van der Waals surface area contributed by atoms with E-state index in [-0.39, 0.29) is 6.09 Å². The Bertz CT molecular complexity index is 607. The summed E-state index contributed by atoms with van der Waals surface area (Å²) in [6.07, 6.45) is 0.630. The van der Waals surface area contributed by atoms with Crippen molar-refractivity contribution in [3.05, 3.63) is 23.6 Å². The smallest absolute Gasteiger partial charge is 0.410 e. The summed E-state index contributed by atoms with van der Waals surface area (Å²) in [4.78, 5) is 30.1. The van der Waals surface area contributed by atoms with Gasteiger partial charge in [-0.3, -0.25) is 0 Å². The van der Waals surface area contributed by atoms with Crippen LogP contribution in [0, 0.1) is 5.82 Å². The molecule has 0 atom stereocenters. The molecule has 1 fully saturated rings. The monoisotopic (exact) mass is 325 g/mol. The van der Waals surface area contributed by atoms with E-state index < -0.39 is 23.0 Å². The predicted molar refractivity (Wildman–Crippen MR) is 81.2 cm³/mol. The number of nitrogens with zero attached hydrogens (tertiary/aromatic N) is 3. The van der Waals surface area contributed by atoms with Crippen LogP contribution in [0.2, 0.25) is 0 Å². The number of hydrogen-bond donors (Lipinski definition) is 1. The molecule has 1 aliphatic rings. The highest BCUT2D eigenvalue weighted by atomic mass is 19.1. The van der Waals surface area contributed by atoms with Crippen molar-refractivity contribution >= 4 is 17.9 Å². The minimum absolute atomic E-state index is 0.358. The Morgan fingerprint density at radius 3 is 2.35 bits per heavy atom. The van der Waals surface area contributed by atoms with E-state index in [0.29, 0.717) is 32.0 Å². The number of rotatable bonds is 2. The largest absolute Gasteiger partial charge is 0.478 e. The molecule has 1 aromatic rings. The number of carboxylic acid groups (broad SMARTS) is 1. The molecular formula is C15H20FN3O4. The summed E-state index contributed by atoms with van der Waals surface area (Å²) >= 11 is 0. The van der Waals surface area contributed by atoms with E-state index in [1.165, 1.54) is 0 Å². The maximum atomic E-state index is 13.7. The first kappa shape index (κ1) is 17.0. The number of carboxylic acids is 1. The SMILES string of the molecule is CC(C)(C)OC(=O)N1CCN(c2cc(F)c(C(=O)O)cn2)CC1. The lowest BCUT2D eigenvalue weighted by Crippen LogP contribution is -2.50. The van der Waals surface area contributed by atoms with Crippen molar-refractivity contribution < 1.29 is 23.8 Å². The fourth-order valence-electron chi connectivity index (χ4n) is 2.20. The second-order valence-electron chi connectivity index (χ2n) is 6.28. The molecule has 1 aromatic heterocycles. The second-order valence-corrected chi connectivity index (χ2v) is 6.28. The lowest BCUT2D eigenvalue weighted by atomic mass is 10.2. The molecule has 0 spiro atoms. The number of halogens is 1. The van der Waals surface area contributed by atoms with Crippen LogP contribution in [0.3, 0.4) is 0 Å². The van der Waals surface area contributed by atoms with Crippen LogP contribution in [-0.2, 0) is 4.74 Å². The maximum absolute atomic E-state index is 13.7. The molecule has 2 rings (SSSR count). The van der Waals surface area contributed by atoms with Gasteiger partial charge in [0.1, 0.15) is 22.8 Å². The van der Waals surface area contributed by atoms with Crippen molar-refractivity contribution in [2.75, 3.05) is 31.1 Å². The molecule has 0 radical (unpaired) electrons. The minimum Gasteiger partial charge on any atom is -0.478 e. The average molecular weight is 325 g/mol. The van der Waals surface area contributed by atoms with Gasteiger partial charge in [-0.1, -0.05) is 0 Å². The number of carbonyl (C=O) groups excluding carboxylic acids is 1. The van der Waals surface area contributed by atoms with Crippen LogP contribution >= 0.6 is 0 Å². The number of aromatic nitrogens is 1. The Morgan fingerprint density at radius 2 is 1.87 bits per heavy atom. The first-order valence-electron chi connectivity index (χ1n) is 7.29. The summed E-state index contributed by atoms with van der Waals surface area (Å²) in [6, 6.07) is 1.10. The molecular weight excluding hydrogens is 305 g/mol. The van der Waals surface area contributed by atoms with Crippen LogP contribution in [0.1, 0.15) is 31.1 Å². The Morgan fingerprint density at radius 1 is 1.26 bits per heavy atom. The summed E-state index contributed by atoms with van der Waals surface area (Å²) in [5.41, 5.74) is -1.01. The number of hydrogen-bond acceptors (Lipinski definition) is 5. The fourth-order valence-corrected chi connectivity index (χ4v) is 2.20. The van der Waals surface area contributed by atoms with Gasteiger partial charge in [-0.25, -0.2) is 19.0 Å². The topological polar surface area (TPSA) is 83.0 Å². The number of anilines is 1. The van der Waals surface area contributed by atoms with Gasteiger partial charge in [0.25, 0.3) is 0 Å². The number of piperazine rings is 1. The number of carbonyl (C=O) groups is 2. The third kappa shape index (κ3) is 4.30. The van der Waals surface area contributed by atoms with Gasteiger partial charge in [-0.05, 0) is 20.8 Å². The van der Waals surface area contributed by atoms with Gasteiger partial charge in [-0.15, -0.1) is 0 Å². The molecule has 1 amide bonds. The molecule has 0 saturated carbocycles. The lowest BCUT2D eigenvalue weighted by molar-refractivity contribution is 0.0240. The van der Waals surface area contributed by atoms with Gasteiger partial charge < -0.3 is 19.6 Å². The molecule has 0 aliphatic carbocycles. The van der Waals surface area contributed by atoms with Crippen LogP contribution in [0.4, 0.5) is 15.0 Å². The van der Waals surface area contributed by atoms with Crippen LogP contribution in [0.5, 0.6) is 0 Å². The summed E-state index contributed by atoms with van der Waals surface area (Å²) in [6.45, 7) is 7.21. The van der Waals surface area contributed by atoms with E-state index in [0.717, 1.165) is 12.3 Å². The van der Waals surface area contributed by atoms with E-state index in [2.05, 4.69) is 4.98 Å². The van der Waals surface area contributed by atoms with Gasteiger partial charge in [-0.2, -0.15) is 0 Å². The second kappa shape index (κ2) is 6.39. The van der Waals surface area contributed by atoms with E-state index in [1.807, 2.05) is 0 Å². The van der Waals surface area contributed by atoms with Crippen molar-refractivity contribution in [1.29, 1.82) is 0 Å². The molecule has 1 aliphatic heterocycles. The summed E-state index contributed by atoms with van der Waals surface area (Å²) in [7, 11) is 0. The van der Waals surface area contributed by atoms with Crippen molar-refractivity contribution in [2.24, 2.45) is 0 Å². The molecule has 0 unspecified atom stereocenters. The molecule has 1 saturated heterocycles. The molecule has 8 heteroatoms. The standard InChI is InChI=1S/C15H20FN3O4/c1-15(2,3)23-14(22)19-6-4-18(5-7-19)12-8-11(16)10(9-17-12)13(20)21/h8-9H,4-7H2,1-3H3,(H,20,21). The highest BCUT2D eigenvalue weighted by Crippen LogP contribution is 2.18. The van der Waals surface area contributed by atoms with E-state index >= 15 is 0 Å². The number of aromatic carboxylic acids is 1. The summed E-state index contributed by atoms with van der Waals surface area (Å²) in [5.74, 6) is -1.82. The molecule has 7 nitrogen and oxygen atoms in total. The van der Waals surface area contributed by atoms with Gasteiger partial charge in [0, 0.05) is 38.4 Å². The third-order valence-corrected chi connectivity index (χ3v) is 3.32. The summed E-state index contributed by atoms with van der Waals surface area (Å²) in [5, 5.41) is 8.80. The van der Waals surface area contributed by atoms with Crippen molar-refractivity contribution in [1.82, 2.24) is 9.88 Å². The van der Waals surface area contributed by atoms with Crippen LogP contribution in [-0.4, -0.2) is 58.8 Å². The first-order valence-corrected chi connectivity index (χ1v) is 7.29. The Balaban J connectivity index is 1.98. The molecule has 2 heterocycles. The van der Waals surface area contributed by atoms with Gasteiger partial charge >= 0.3 is 12.1 Å². The molecule has 0 aromatic carbocycles. The van der Waals surface area contributed by atoms with Crippen molar-refractivity contribution in [3.63, 3.8) is 0 Å². The zero-order chi connectivity index (χ0) is 17.2. The highest BCUT2D eigenvalue weighted by molar-refractivity contribution is 5.87. The Hall–Kier alpha value is -2.38. The Kier molecular flexibility index (Phi) is 4.72. The number of amides is 1. The van der Waals surface area contributed by atoms with E-state index in [4.69, 9.17) is 9.84 Å². The van der Waals surface area contributed by atoms with Crippen molar-refractivity contribution in [3.8, 4) is 0 Å². The summed E-state index contributed by atoms with van der Waals surface area (Å²) < 4.78 is 19.0. The van der Waals surface area contributed by atoms with Gasteiger partial charge in [0.15, 0.2) is 0 Å². The zero-order valence-electron chi connectivity index (χ0n) is 13.4. The first-order chi connectivity index (χ1) is 10.7. The average Bonchev–Trinajstić information content (AvgIpc) is 2.45. The van der Waals surface area contributed by atoms with Crippen molar-refractivity contribution in [2.45, 2.75) is 26.4 Å². The lowest BCUT2D eigenvalue weighted by Gasteiger charge is -2.36. The quantitative estimate of drug-likeness (QED) is 0.895. The predicted octanol–water partition coefficient (Wildman–Crippen LogP) is 1.98. The van der Waals surface area contributed by atoms with Gasteiger partial charge in [0.05, 0.1) is 0 Å². The molecule has 1 N–H and O–H groups in total. The van der Waals surface area contributed by atoms with Crippen LogP contribution < -0.4 is 4.90 Å². The minimum atomic E-state index is -1.35. The normalized spacial score (nSPS) is 15.5. The third-order valence-electron chi connectivity index (χ3n) is 3.32. The zero-order valence-corrected chi connectivity index (χ0v) is 13.4. The van der Waals surface area contributed by atoms with E-state index in [9.17, 15) is 14.0 Å². The Labute approximate surface area is 133 Å². The van der Waals surface area contributed by atoms with Crippen LogP contribution in [0.25, 0.3) is 0 Å². The van der Waals surface area contributed by atoms with E-state index in [1.54, 1.807) is 30.6 Å². The molecule has 0 bridgehead atoms. The fraction of sp³-hybridized carbons (Fsp3) is 0.533. The molecule has 126 valence electrons. The molecule has 23 heavy (non-hydrogen) atoms. The number of pyridine rings is 1. The van der Waals surface area contributed by atoms with Gasteiger partial charge in [0.2, 0.25) is 0 Å². The van der Waals surface area contributed by atoms with Crippen LogP contribution in [0.15, 0.2) is 12.3 Å². The number of ether oxygens (including phenoxy) is 1.